The number of carbonyl (C=O) groups is 2. The zero-order valence-electron chi connectivity index (χ0n) is 8.54. The zero-order chi connectivity index (χ0) is 12.4. The van der Waals surface area contributed by atoms with Gasteiger partial charge in [0.05, 0.1) is 0 Å². The average Bonchev–Trinajstić information content (AvgIpc) is 2.64. The van der Waals surface area contributed by atoms with Gasteiger partial charge in [0.1, 0.15) is 0 Å². The van der Waals surface area contributed by atoms with Crippen molar-refractivity contribution in [3.63, 3.8) is 0 Å². The van der Waals surface area contributed by atoms with Gasteiger partial charge in [0, 0.05) is 9.58 Å². The zero-order valence-corrected chi connectivity index (χ0v) is 9.36. The number of thiophene rings is 1. The Bertz CT molecular complexity index is 624. The van der Waals surface area contributed by atoms with Crippen LogP contribution in [0.4, 0.5) is 0 Å². The molecule has 2 aromatic rings. The van der Waals surface area contributed by atoms with Crippen molar-refractivity contribution in [2.75, 3.05) is 0 Å². The molecule has 5 heteroatoms. The van der Waals surface area contributed by atoms with Gasteiger partial charge in [0.25, 0.3) is 5.78 Å². The molecule has 0 saturated carbocycles. The molecule has 1 N–H and O–H groups in total. The van der Waals surface area contributed by atoms with E-state index in [1.807, 2.05) is 6.07 Å². The molecule has 0 bridgehead atoms. The molecule has 0 saturated heterocycles. The average molecular weight is 247 g/mol. The van der Waals surface area contributed by atoms with Crippen LogP contribution in [0.15, 0.2) is 30.3 Å². The first-order valence-electron chi connectivity index (χ1n) is 4.73. The molecule has 1 aromatic carbocycles. The van der Waals surface area contributed by atoms with E-state index in [1.54, 1.807) is 18.2 Å². The topological polar surface area (TPSA) is 77.4 Å². The fourth-order valence-corrected chi connectivity index (χ4v) is 2.37. The van der Waals surface area contributed by atoms with Crippen molar-refractivity contribution in [2.24, 2.45) is 0 Å². The summed E-state index contributed by atoms with van der Waals surface area (Å²) >= 11 is 1.23. The number of benzene rings is 1. The molecule has 4 nitrogen and oxygen atoms in total. The van der Waals surface area contributed by atoms with Crippen molar-refractivity contribution in [1.82, 2.24) is 0 Å². The predicted octanol–water partition coefficient (Wildman–Crippen LogP) is 1.64. The second-order valence-electron chi connectivity index (χ2n) is 3.29. The molecule has 0 atom stereocenters. The SMILES string of the molecule is O=C(O)C(=O)C=Cc1sc2ccccc2c1[O-]. The van der Waals surface area contributed by atoms with Crippen LogP contribution in [-0.2, 0) is 9.59 Å². The quantitative estimate of drug-likeness (QED) is 0.660. The van der Waals surface area contributed by atoms with E-state index in [-0.39, 0.29) is 5.75 Å². The van der Waals surface area contributed by atoms with Gasteiger partial charge in [-0.05, 0) is 23.6 Å². The maximum atomic E-state index is 11.8. The molecule has 0 amide bonds. The van der Waals surface area contributed by atoms with E-state index in [2.05, 4.69) is 0 Å². The summed E-state index contributed by atoms with van der Waals surface area (Å²) in [4.78, 5) is 21.5. The van der Waals surface area contributed by atoms with Gasteiger partial charge in [0.2, 0.25) is 0 Å². The number of rotatable bonds is 3. The lowest BCUT2D eigenvalue weighted by Gasteiger charge is -2.03. The van der Waals surface area contributed by atoms with Crippen LogP contribution in [0.25, 0.3) is 16.2 Å². The highest BCUT2D eigenvalue weighted by atomic mass is 32.1. The van der Waals surface area contributed by atoms with Crippen molar-refractivity contribution in [1.29, 1.82) is 0 Å². The number of carboxylic acids is 1. The molecule has 0 unspecified atom stereocenters. The van der Waals surface area contributed by atoms with Crippen LogP contribution in [-0.4, -0.2) is 16.9 Å². The number of hydrogen-bond donors (Lipinski definition) is 1. The van der Waals surface area contributed by atoms with Gasteiger partial charge < -0.3 is 10.2 Å². The molecule has 0 fully saturated rings. The van der Waals surface area contributed by atoms with Crippen molar-refractivity contribution >= 4 is 39.3 Å². The molecule has 2 rings (SSSR count). The summed E-state index contributed by atoms with van der Waals surface area (Å²) in [5.74, 6) is -2.75. The van der Waals surface area contributed by atoms with Gasteiger partial charge in [-0.3, -0.25) is 4.79 Å². The Morgan fingerprint density at radius 1 is 1.29 bits per heavy atom. The lowest BCUT2D eigenvalue weighted by atomic mass is 10.2. The summed E-state index contributed by atoms with van der Waals surface area (Å²) in [6, 6.07) is 7.07. The molecule has 0 spiro atoms. The molecule has 86 valence electrons. The molecular formula is C12H7O4S-. The third-order valence-electron chi connectivity index (χ3n) is 2.17. The van der Waals surface area contributed by atoms with Crippen LogP contribution in [0, 0.1) is 0 Å². The van der Waals surface area contributed by atoms with E-state index < -0.39 is 11.8 Å². The Kier molecular flexibility index (Phi) is 2.93. The highest BCUT2D eigenvalue weighted by Gasteiger charge is 2.07. The fourth-order valence-electron chi connectivity index (χ4n) is 1.37. The van der Waals surface area contributed by atoms with Crippen molar-refractivity contribution in [3.05, 3.63) is 35.2 Å². The molecule has 1 aromatic heterocycles. The largest absolute Gasteiger partial charge is 0.871 e. The maximum absolute atomic E-state index is 11.8. The van der Waals surface area contributed by atoms with E-state index in [0.29, 0.717) is 10.3 Å². The number of carbonyl (C=O) groups excluding carboxylic acids is 1. The third-order valence-corrected chi connectivity index (χ3v) is 3.29. The summed E-state index contributed by atoms with van der Waals surface area (Å²) in [7, 11) is 0. The molecule has 0 aliphatic heterocycles. The minimum Gasteiger partial charge on any atom is -0.871 e. The van der Waals surface area contributed by atoms with E-state index >= 15 is 0 Å². The minimum atomic E-state index is -1.53. The van der Waals surface area contributed by atoms with Gasteiger partial charge in [-0.1, -0.05) is 23.9 Å². The van der Waals surface area contributed by atoms with Crippen molar-refractivity contribution in [3.8, 4) is 5.75 Å². The third kappa shape index (κ3) is 2.19. The number of aliphatic carboxylic acids is 1. The number of ketones is 1. The van der Waals surface area contributed by atoms with Gasteiger partial charge in [-0.15, -0.1) is 11.3 Å². The van der Waals surface area contributed by atoms with Gasteiger partial charge in [-0.25, -0.2) is 4.79 Å². The summed E-state index contributed by atoms with van der Waals surface area (Å²) in [5.41, 5.74) is 0. The molecular weight excluding hydrogens is 240 g/mol. The Balaban J connectivity index is 2.40. The Morgan fingerprint density at radius 3 is 2.65 bits per heavy atom. The number of carboxylic acid groups (broad SMARTS) is 1. The van der Waals surface area contributed by atoms with E-state index in [4.69, 9.17) is 5.11 Å². The first-order valence-corrected chi connectivity index (χ1v) is 5.55. The lowest BCUT2D eigenvalue weighted by Crippen LogP contribution is -2.08. The van der Waals surface area contributed by atoms with Crippen LogP contribution in [0.1, 0.15) is 4.88 Å². The molecule has 1 heterocycles. The van der Waals surface area contributed by atoms with E-state index in [0.717, 1.165) is 10.8 Å². The normalized spacial score (nSPS) is 11.1. The summed E-state index contributed by atoms with van der Waals surface area (Å²) in [5, 5.41) is 20.8. The standard InChI is InChI=1S/C12H8O4S/c13-8(12(15)16)5-6-10-11(14)7-3-1-2-4-9(7)17-10/h1-6,14H,(H,15,16)/p-1. The van der Waals surface area contributed by atoms with Crippen molar-refractivity contribution < 1.29 is 19.8 Å². The van der Waals surface area contributed by atoms with E-state index in [9.17, 15) is 14.7 Å². The first kappa shape index (κ1) is 11.3. The lowest BCUT2D eigenvalue weighted by molar-refractivity contribution is -0.265. The minimum absolute atomic E-state index is 0.181. The summed E-state index contributed by atoms with van der Waals surface area (Å²) in [6.07, 6.45) is 2.15. The monoisotopic (exact) mass is 247 g/mol. The Hall–Kier alpha value is -2.14. The number of fused-ring (bicyclic) bond motifs is 1. The number of hydrogen-bond acceptors (Lipinski definition) is 4. The predicted molar refractivity (Wildman–Crippen MR) is 62.9 cm³/mol. The van der Waals surface area contributed by atoms with Crippen LogP contribution in [0.2, 0.25) is 0 Å². The van der Waals surface area contributed by atoms with Crippen LogP contribution < -0.4 is 5.11 Å². The smallest absolute Gasteiger partial charge is 0.376 e. The molecule has 0 aliphatic rings. The second-order valence-corrected chi connectivity index (χ2v) is 4.38. The molecule has 0 radical (unpaired) electrons. The maximum Gasteiger partial charge on any atom is 0.376 e. The molecule has 0 aliphatic carbocycles. The second kappa shape index (κ2) is 4.39. The van der Waals surface area contributed by atoms with Gasteiger partial charge >= 0.3 is 5.97 Å². The highest BCUT2D eigenvalue weighted by molar-refractivity contribution is 7.20. The van der Waals surface area contributed by atoms with Crippen LogP contribution >= 0.6 is 11.3 Å². The van der Waals surface area contributed by atoms with E-state index in [1.165, 1.54) is 17.4 Å². The highest BCUT2D eigenvalue weighted by Crippen LogP contribution is 2.35. The summed E-state index contributed by atoms with van der Waals surface area (Å²) < 4.78 is 0.819. The molecule has 17 heavy (non-hydrogen) atoms. The van der Waals surface area contributed by atoms with Crippen molar-refractivity contribution in [2.45, 2.75) is 0 Å². The van der Waals surface area contributed by atoms with Crippen LogP contribution in [0.3, 0.4) is 0 Å². The fraction of sp³-hybridized carbons (Fsp3) is 0. The first-order chi connectivity index (χ1) is 8.09. The summed E-state index contributed by atoms with van der Waals surface area (Å²) in [6.45, 7) is 0. The van der Waals surface area contributed by atoms with Crippen LogP contribution in [0.5, 0.6) is 5.75 Å². The van der Waals surface area contributed by atoms with Gasteiger partial charge in [0.15, 0.2) is 0 Å². The Labute approximate surface area is 100 Å². The Morgan fingerprint density at radius 2 is 2.00 bits per heavy atom. The van der Waals surface area contributed by atoms with Gasteiger partial charge in [-0.2, -0.15) is 0 Å².